The van der Waals surface area contributed by atoms with E-state index in [4.69, 9.17) is 0 Å². The SMILES string of the molecule is N#Cc1ccc(-c2ccc(-n3c4ccccc4c4cc(-c5cc6c7c(c5)N(c5cc(-c8ccccc8)cc(-c8ccccc8)c5)c5ccccc5B7c5ccccc5N6c5cc(-c6ccccc6)cc(-c6ccccc6)c5)ccc43)c(-c3ccc(C#N)cc3C(F)(F)F)c2)c(C(F)(F)F)c1. The van der Waals surface area contributed by atoms with Crippen LogP contribution in [0.5, 0.6) is 0 Å². The highest BCUT2D eigenvalue weighted by atomic mass is 19.4. The molecule has 0 aliphatic carbocycles. The summed E-state index contributed by atoms with van der Waals surface area (Å²) in [6.07, 6.45) is -9.93. The number of aromatic nitrogens is 1. The topological polar surface area (TPSA) is 59.0 Å². The summed E-state index contributed by atoms with van der Waals surface area (Å²) in [6, 6.07) is 105. The molecule has 0 saturated heterocycles. The number of fused-ring (bicyclic) bond motifs is 7. The van der Waals surface area contributed by atoms with E-state index in [0.29, 0.717) is 11.0 Å². The third-order valence-corrected chi connectivity index (χ3v) is 19.4. The molecule has 100 heavy (non-hydrogen) atoms. The molecule has 0 N–H and O–H groups in total. The Balaban J connectivity index is 0.941. The summed E-state index contributed by atoms with van der Waals surface area (Å²) in [5.41, 5.74) is 17.2. The molecule has 474 valence electrons. The van der Waals surface area contributed by atoms with Crippen molar-refractivity contribution in [3.63, 3.8) is 0 Å². The molecule has 3 heterocycles. The van der Waals surface area contributed by atoms with E-state index >= 15 is 26.3 Å². The van der Waals surface area contributed by atoms with Gasteiger partial charge in [-0.15, -0.1) is 0 Å². The fourth-order valence-corrected chi connectivity index (χ4v) is 15.0. The van der Waals surface area contributed by atoms with Crippen molar-refractivity contribution < 1.29 is 26.3 Å². The Labute approximate surface area is 572 Å². The number of halogens is 6. The molecular weight excluding hydrogens is 1250 g/mol. The highest BCUT2D eigenvalue weighted by Crippen LogP contribution is 2.51. The van der Waals surface area contributed by atoms with Crippen LogP contribution in [0, 0.1) is 22.7 Å². The van der Waals surface area contributed by atoms with Crippen LogP contribution in [0.4, 0.5) is 60.5 Å². The van der Waals surface area contributed by atoms with Crippen molar-refractivity contribution >= 4 is 79.0 Å². The summed E-state index contributed by atoms with van der Waals surface area (Å²) in [5, 5.41) is 21.1. The zero-order valence-electron chi connectivity index (χ0n) is 53.1. The minimum Gasteiger partial charge on any atom is -0.311 e. The van der Waals surface area contributed by atoms with Crippen LogP contribution in [0.15, 0.2) is 315 Å². The average molecular weight is 1300 g/mol. The number of rotatable bonds is 10. The largest absolute Gasteiger partial charge is 0.417 e. The number of nitrogens with zero attached hydrogens (tertiary/aromatic N) is 5. The molecule has 0 saturated carbocycles. The first-order valence-electron chi connectivity index (χ1n) is 32.7. The van der Waals surface area contributed by atoms with Gasteiger partial charge in [-0.1, -0.05) is 200 Å². The van der Waals surface area contributed by atoms with Gasteiger partial charge in [0.2, 0.25) is 0 Å². The van der Waals surface area contributed by atoms with Gasteiger partial charge in [0, 0.05) is 50.5 Å². The van der Waals surface area contributed by atoms with Gasteiger partial charge in [-0.05, 0) is 204 Å². The predicted molar refractivity (Wildman–Crippen MR) is 392 cm³/mol. The summed E-state index contributed by atoms with van der Waals surface area (Å²) in [7, 11) is 0. The third kappa shape index (κ3) is 10.4. The highest BCUT2D eigenvalue weighted by Gasteiger charge is 2.44. The molecule has 0 spiro atoms. The zero-order valence-corrected chi connectivity index (χ0v) is 53.1. The maximum atomic E-state index is 15.6. The van der Waals surface area contributed by atoms with E-state index in [9.17, 15) is 10.5 Å². The standard InChI is InChI=1S/C88H52BF6N5/c90-87(91,92)75-41-55(53-96)33-37-70(75)62-36-40-80(73(50-62)71-38-34-56(54-97)42-76(71)88(93,94)95)100-79-30-16-13-27-72(79)74-49-61(35-39-81(74)100)67-51-84-86-85(52-67)99(69-47-65(59-23-9-3-10-24-59)44-66(48-69)60-25-11-4-12-26-60)83-32-18-15-29-78(83)89(86)77-28-14-17-31-82(77)98(84)68-45-63(57-19-5-1-6-20-57)43-64(46-68)58-21-7-2-8-22-58/h1-52H. The number of para-hydroxylation sites is 3. The molecule has 2 aliphatic rings. The van der Waals surface area contributed by atoms with Gasteiger partial charge in [0.05, 0.1) is 51.1 Å². The van der Waals surface area contributed by atoms with E-state index in [-0.39, 0.29) is 45.8 Å². The molecule has 12 heteroatoms. The van der Waals surface area contributed by atoms with Crippen molar-refractivity contribution in [2.24, 2.45) is 0 Å². The second-order valence-corrected chi connectivity index (χ2v) is 25.2. The molecule has 15 aromatic rings. The molecule has 1 aromatic heterocycles. The number of nitriles is 2. The van der Waals surface area contributed by atoms with Gasteiger partial charge in [-0.25, -0.2) is 0 Å². The molecule has 0 amide bonds. The van der Waals surface area contributed by atoms with Crippen LogP contribution in [-0.4, -0.2) is 11.3 Å². The van der Waals surface area contributed by atoms with Crippen molar-refractivity contribution in [1.29, 1.82) is 10.5 Å². The fourth-order valence-electron chi connectivity index (χ4n) is 15.0. The van der Waals surface area contributed by atoms with Crippen molar-refractivity contribution in [3.05, 3.63) is 338 Å². The first-order chi connectivity index (χ1) is 48.8. The molecule has 0 unspecified atom stereocenters. The zero-order chi connectivity index (χ0) is 68.0. The molecular formula is C88H52BF6N5. The quantitative estimate of drug-likeness (QED) is 0.101. The molecule has 5 nitrogen and oxygen atoms in total. The first kappa shape index (κ1) is 60.7. The van der Waals surface area contributed by atoms with Gasteiger partial charge in [0.25, 0.3) is 6.71 Å². The van der Waals surface area contributed by atoms with Crippen LogP contribution in [0.2, 0.25) is 0 Å². The lowest BCUT2D eigenvalue weighted by Gasteiger charge is -2.44. The van der Waals surface area contributed by atoms with Crippen LogP contribution in [0.3, 0.4) is 0 Å². The average Bonchev–Trinajstić information content (AvgIpc) is 0.776. The molecule has 0 bridgehead atoms. The van der Waals surface area contributed by atoms with E-state index in [1.165, 1.54) is 36.4 Å². The molecule has 0 fully saturated rings. The molecule has 0 atom stereocenters. The van der Waals surface area contributed by atoms with Crippen LogP contribution in [0.25, 0.3) is 105 Å². The number of hydrogen-bond donors (Lipinski definition) is 0. The Morgan fingerprint density at radius 3 is 1.17 bits per heavy atom. The molecule has 0 radical (unpaired) electrons. The predicted octanol–water partition coefficient (Wildman–Crippen LogP) is 22.3. The van der Waals surface area contributed by atoms with E-state index in [1.807, 2.05) is 71.3 Å². The monoisotopic (exact) mass is 1300 g/mol. The van der Waals surface area contributed by atoms with Crippen molar-refractivity contribution in [1.82, 2.24) is 4.57 Å². The van der Waals surface area contributed by atoms with E-state index < -0.39 is 23.5 Å². The third-order valence-electron chi connectivity index (χ3n) is 19.4. The summed E-state index contributed by atoms with van der Waals surface area (Å²) in [5.74, 6) is 0. The van der Waals surface area contributed by atoms with Gasteiger partial charge in [-0.3, -0.25) is 0 Å². The van der Waals surface area contributed by atoms with Crippen molar-refractivity contribution in [2.75, 3.05) is 9.80 Å². The Hall–Kier alpha value is -12.9. The Morgan fingerprint density at radius 2 is 0.690 bits per heavy atom. The normalized spacial score (nSPS) is 12.4. The van der Waals surface area contributed by atoms with Gasteiger partial charge in [0.15, 0.2) is 0 Å². The van der Waals surface area contributed by atoms with Gasteiger partial charge in [0.1, 0.15) is 0 Å². The summed E-state index contributed by atoms with van der Waals surface area (Å²) in [6.45, 7) is -0.234. The Kier molecular flexibility index (Phi) is 14.6. The Bertz CT molecular complexity index is 5560. The lowest BCUT2D eigenvalue weighted by Crippen LogP contribution is -2.61. The first-order valence-corrected chi connectivity index (χ1v) is 32.7. The molecule has 17 rings (SSSR count). The summed E-state index contributed by atoms with van der Waals surface area (Å²) in [4.78, 5) is 4.83. The van der Waals surface area contributed by atoms with Crippen LogP contribution in [-0.2, 0) is 12.4 Å². The number of benzene rings is 14. The van der Waals surface area contributed by atoms with E-state index in [0.717, 1.165) is 129 Å². The summed E-state index contributed by atoms with van der Waals surface area (Å²) < 4.78 is 93.7. The molecule has 2 aliphatic heterocycles. The Morgan fingerprint density at radius 1 is 0.280 bits per heavy atom. The highest BCUT2D eigenvalue weighted by molar-refractivity contribution is 7.00. The van der Waals surface area contributed by atoms with Crippen molar-refractivity contribution in [2.45, 2.75) is 12.4 Å². The van der Waals surface area contributed by atoms with Gasteiger partial charge < -0.3 is 14.4 Å². The smallest absolute Gasteiger partial charge is 0.311 e. The maximum Gasteiger partial charge on any atom is 0.417 e. The summed E-state index contributed by atoms with van der Waals surface area (Å²) >= 11 is 0. The number of anilines is 6. The van der Waals surface area contributed by atoms with Gasteiger partial charge in [-0.2, -0.15) is 36.9 Å². The molecule has 14 aromatic carbocycles. The minimum absolute atomic E-state index is 0.0331. The van der Waals surface area contributed by atoms with E-state index in [1.54, 1.807) is 12.1 Å². The number of alkyl halides is 6. The lowest BCUT2D eigenvalue weighted by molar-refractivity contribution is -0.137. The maximum absolute atomic E-state index is 15.6. The second-order valence-electron chi connectivity index (χ2n) is 25.2. The second kappa shape index (κ2) is 24.0. The van der Waals surface area contributed by atoms with Crippen LogP contribution < -0.4 is 26.2 Å². The minimum atomic E-state index is -5.00. The van der Waals surface area contributed by atoms with Gasteiger partial charge >= 0.3 is 12.4 Å². The van der Waals surface area contributed by atoms with Crippen LogP contribution >= 0.6 is 0 Å². The fraction of sp³-hybridized carbons (Fsp3) is 0.0227. The van der Waals surface area contributed by atoms with Crippen molar-refractivity contribution in [3.8, 4) is 95.7 Å². The van der Waals surface area contributed by atoms with Crippen LogP contribution in [0.1, 0.15) is 22.3 Å². The lowest BCUT2D eigenvalue weighted by atomic mass is 9.33. The number of hydrogen-bond acceptors (Lipinski definition) is 4. The van der Waals surface area contributed by atoms with E-state index in [2.05, 4.69) is 210 Å².